The summed E-state index contributed by atoms with van der Waals surface area (Å²) in [6.45, 7) is 0. The van der Waals surface area contributed by atoms with E-state index in [0.717, 1.165) is 14.7 Å². The molecular weight excluding hydrogens is 383 g/mol. The lowest BCUT2D eigenvalue weighted by atomic mass is 9.86. The Kier molecular flexibility index (Phi) is 5.85. The SMILES string of the molecule is Clc1sc(C(Br)CCC2CCCCC2)cc1Br. The van der Waals surface area contributed by atoms with Crippen molar-refractivity contribution in [3.05, 3.63) is 19.8 Å². The molecule has 17 heavy (non-hydrogen) atoms. The van der Waals surface area contributed by atoms with Gasteiger partial charge < -0.3 is 0 Å². The molecule has 1 saturated carbocycles. The normalized spacial score (nSPS) is 19.5. The summed E-state index contributed by atoms with van der Waals surface area (Å²) in [5, 5.41) is 0. The van der Waals surface area contributed by atoms with Gasteiger partial charge in [-0.2, -0.15) is 0 Å². The monoisotopic (exact) mass is 398 g/mol. The zero-order valence-electron chi connectivity index (χ0n) is 9.72. The zero-order valence-corrected chi connectivity index (χ0v) is 14.5. The lowest BCUT2D eigenvalue weighted by Gasteiger charge is -2.22. The summed E-state index contributed by atoms with van der Waals surface area (Å²) in [6.07, 6.45) is 9.78. The van der Waals surface area contributed by atoms with E-state index in [-0.39, 0.29) is 0 Å². The number of halogens is 3. The minimum atomic E-state index is 0.471. The van der Waals surface area contributed by atoms with Gasteiger partial charge in [-0.3, -0.25) is 0 Å². The first-order valence-electron chi connectivity index (χ1n) is 6.25. The molecule has 2 rings (SSSR count). The van der Waals surface area contributed by atoms with Crippen molar-refractivity contribution in [2.24, 2.45) is 5.92 Å². The Bertz CT molecular complexity index is 339. The lowest BCUT2D eigenvalue weighted by molar-refractivity contribution is 0.332. The van der Waals surface area contributed by atoms with Crippen molar-refractivity contribution >= 4 is 54.8 Å². The minimum Gasteiger partial charge on any atom is -0.126 e. The van der Waals surface area contributed by atoms with Crippen LogP contribution in [-0.2, 0) is 0 Å². The van der Waals surface area contributed by atoms with Gasteiger partial charge in [0.25, 0.3) is 0 Å². The number of rotatable bonds is 4. The van der Waals surface area contributed by atoms with E-state index in [1.54, 1.807) is 11.3 Å². The molecule has 96 valence electrons. The Morgan fingerprint density at radius 1 is 1.35 bits per heavy atom. The van der Waals surface area contributed by atoms with Gasteiger partial charge in [0, 0.05) is 14.2 Å². The third kappa shape index (κ3) is 4.22. The molecule has 1 aliphatic rings. The summed E-state index contributed by atoms with van der Waals surface area (Å²) in [4.78, 5) is 1.82. The molecule has 1 aromatic rings. The van der Waals surface area contributed by atoms with Crippen molar-refractivity contribution in [3.8, 4) is 0 Å². The molecule has 0 saturated heterocycles. The summed E-state index contributed by atoms with van der Waals surface area (Å²) in [6, 6.07) is 2.15. The highest BCUT2D eigenvalue weighted by atomic mass is 79.9. The van der Waals surface area contributed by atoms with Crippen molar-refractivity contribution in [1.82, 2.24) is 0 Å². The summed E-state index contributed by atoms with van der Waals surface area (Å²) in [5.41, 5.74) is 0. The predicted molar refractivity (Wildman–Crippen MR) is 84.5 cm³/mol. The molecule has 1 unspecified atom stereocenters. The molecule has 0 amide bonds. The topological polar surface area (TPSA) is 0 Å². The highest BCUT2D eigenvalue weighted by molar-refractivity contribution is 9.10. The van der Waals surface area contributed by atoms with Crippen LogP contribution in [-0.4, -0.2) is 0 Å². The first-order valence-corrected chi connectivity index (χ1v) is 9.16. The van der Waals surface area contributed by atoms with E-state index >= 15 is 0 Å². The van der Waals surface area contributed by atoms with Gasteiger partial charge in [-0.1, -0.05) is 59.6 Å². The number of alkyl halides is 1. The van der Waals surface area contributed by atoms with Gasteiger partial charge in [0.05, 0.1) is 0 Å². The van der Waals surface area contributed by atoms with Crippen molar-refractivity contribution in [3.63, 3.8) is 0 Å². The molecule has 1 aliphatic carbocycles. The van der Waals surface area contributed by atoms with Gasteiger partial charge in [0.2, 0.25) is 0 Å². The molecule has 0 bridgehead atoms. The highest BCUT2D eigenvalue weighted by Gasteiger charge is 2.17. The molecule has 1 atom stereocenters. The first-order chi connectivity index (χ1) is 8.16. The molecule has 1 fully saturated rings. The van der Waals surface area contributed by atoms with Crippen LogP contribution in [0.1, 0.15) is 54.7 Å². The lowest BCUT2D eigenvalue weighted by Crippen LogP contribution is -2.06. The van der Waals surface area contributed by atoms with Crippen molar-refractivity contribution < 1.29 is 0 Å². The first kappa shape index (κ1) is 14.4. The van der Waals surface area contributed by atoms with Crippen LogP contribution in [0.5, 0.6) is 0 Å². The Morgan fingerprint density at radius 2 is 2.06 bits per heavy atom. The standard InChI is InChI=1S/C13H17Br2ClS/c14-10(12-8-11(15)13(16)17-12)7-6-9-4-2-1-3-5-9/h8-10H,1-7H2. The van der Waals surface area contributed by atoms with Gasteiger partial charge in [-0.25, -0.2) is 0 Å². The highest BCUT2D eigenvalue weighted by Crippen LogP contribution is 2.41. The largest absolute Gasteiger partial charge is 0.126 e. The van der Waals surface area contributed by atoms with Gasteiger partial charge in [-0.15, -0.1) is 11.3 Å². The Morgan fingerprint density at radius 3 is 2.65 bits per heavy atom. The number of hydrogen-bond acceptors (Lipinski definition) is 1. The van der Waals surface area contributed by atoms with E-state index in [4.69, 9.17) is 11.6 Å². The van der Waals surface area contributed by atoms with Crippen LogP contribution in [0, 0.1) is 5.92 Å². The average Bonchev–Trinajstić information content (AvgIpc) is 2.68. The van der Waals surface area contributed by atoms with Crippen LogP contribution >= 0.6 is 54.8 Å². The Labute approximate surface area is 129 Å². The predicted octanol–water partition coefficient (Wildman–Crippen LogP) is 6.96. The van der Waals surface area contributed by atoms with Gasteiger partial charge in [0.15, 0.2) is 0 Å². The van der Waals surface area contributed by atoms with Gasteiger partial charge in [-0.05, 0) is 40.8 Å². The van der Waals surface area contributed by atoms with Gasteiger partial charge in [0.1, 0.15) is 4.34 Å². The third-order valence-electron chi connectivity index (χ3n) is 3.53. The van der Waals surface area contributed by atoms with Crippen LogP contribution in [0.15, 0.2) is 10.5 Å². The number of thiophene rings is 1. The van der Waals surface area contributed by atoms with E-state index in [1.807, 2.05) is 0 Å². The molecule has 1 heterocycles. The maximum Gasteiger partial charge on any atom is 0.107 e. The third-order valence-corrected chi connectivity index (χ3v) is 7.37. The average molecular weight is 401 g/mol. The summed E-state index contributed by atoms with van der Waals surface area (Å²) < 4.78 is 1.89. The second kappa shape index (κ2) is 6.93. The van der Waals surface area contributed by atoms with E-state index in [0.29, 0.717) is 4.83 Å². The summed E-state index contributed by atoms with van der Waals surface area (Å²) in [5.74, 6) is 0.961. The maximum absolute atomic E-state index is 6.07. The molecule has 4 heteroatoms. The smallest absolute Gasteiger partial charge is 0.107 e. The quantitative estimate of drug-likeness (QED) is 0.479. The van der Waals surface area contributed by atoms with E-state index in [9.17, 15) is 0 Å². The molecular formula is C13H17Br2ClS. The molecule has 0 aromatic carbocycles. The second-order valence-corrected chi connectivity index (χ2v) is 8.46. The van der Waals surface area contributed by atoms with Crippen molar-refractivity contribution in [2.45, 2.75) is 49.8 Å². The minimum absolute atomic E-state index is 0.471. The fourth-order valence-corrected chi connectivity index (χ4v) is 4.94. The van der Waals surface area contributed by atoms with Crippen LogP contribution in [0.3, 0.4) is 0 Å². The van der Waals surface area contributed by atoms with Crippen LogP contribution in [0.2, 0.25) is 4.34 Å². The van der Waals surface area contributed by atoms with E-state index < -0.39 is 0 Å². The summed E-state index contributed by atoms with van der Waals surface area (Å²) >= 11 is 15.0. The fourth-order valence-electron chi connectivity index (χ4n) is 2.52. The van der Waals surface area contributed by atoms with E-state index in [2.05, 4.69) is 37.9 Å². The maximum atomic E-state index is 6.07. The fraction of sp³-hybridized carbons (Fsp3) is 0.692. The second-order valence-electron chi connectivity index (χ2n) is 4.82. The molecule has 0 N–H and O–H groups in total. The van der Waals surface area contributed by atoms with Crippen LogP contribution in [0.25, 0.3) is 0 Å². The Hall–Kier alpha value is 0.950. The van der Waals surface area contributed by atoms with Crippen molar-refractivity contribution in [2.75, 3.05) is 0 Å². The van der Waals surface area contributed by atoms with Crippen LogP contribution in [0.4, 0.5) is 0 Å². The van der Waals surface area contributed by atoms with Crippen molar-refractivity contribution in [1.29, 1.82) is 0 Å². The van der Waals surface area contributed by atoms with Gasteiger partial charge >= 0.3 is 0 Å². The molecule has 1 aromatic heterocycles. The summed E-state index contributed by atoms with van der Waals surface area (Å²) in [7, 11) is 0. The van der Waals surface area contributed by atoms with E-state index in [1.165, 1.54) is 49.8 Å². The molecule has 0 nitrogen and oxygen atoms in total. The molecule has 0 spiro atoms. The Balaban J connectivity index is 1.82. The zero-order chi connectivity index (χ0) is 12.3. The molecule has 0 aliphatic heterocycles. The van der Waals surface area contributed by atoms with Crippen LogP contribution < -0.4 is 0 Å². The number of hydrogen-bond donors (Lipinski definition) is 0. The molecule has 0 radical (unpaired) electrons.